The van der Waals surface area contributed by atoms with Gasteiger partial charge in [0.05, 0.1) is 6.61 Å². The molecule has 0 saturated carbocycles. The van der Waals surface area contributed by atoms with Crippen molar-refractivity contribution in [1.29, 1.82) is 0 Å². The lowest BCUT2D eigenvalue weighted by atomic mass is 10.0. The monoisotopic (exact) mass is 242 g/mol. The van der Waals surface area contributed by atoms with E-state index in [1.165, 1.54) is 0 Å². The van der Waals surface area contributed by atoms with Crippen LogP contribution >= 0.6 is 0 Å². The summed E-state index contributed by atoms with van der Waals surface area (Å²) in [6.45, 7) is 8.37. The van der Waals surface area contributed by atoms with Gasteiger partial charge < -0.3 is 10.5 Å². The molecule has 1 heterocycles. The Labute approximate surface area is 104 Å². The van der Waals surface area contributed by atoms with E-state index in [-0.39, 0.29) is 18.1 Å². The molecule has 100 valence electrons. The van der Waals surface area contributed by atoms with Gasteiger partial charge in [-0.15, -0.1) is 0 Å². The standard InChI is InChI=1S/C13H26N2O2/c1-4-6-12(13(16)17-5-2)15-8-7-11(9-15)10(3)14/h10-12H,4-9,14H2,1-3H3. The molecule has 0 aromatic carbocycles. The molecule has 17 heavy (non-hydrogen) atoms. The van der Waals surface area contributed by atoms with Crippen molar-refractivity contribution in [3.8, 4) is 0 Å². The van der Waals surface area contributed by atoms with Gasteiger partial charge >= 0.3 is 5.97 Å². The molecule has 1 saturated heterocycles. The minimum absolute atomic E-state index is 0.0660. The van der Waals surface area contributed by atoms with E-state index in [9.17, 15) is 4.79 Å². The van der Waals surface area contributed by atoms with Gasteiger partial charge in [-0.25, -0.2) is 0 Å². The third kappa shape index (κ3) is 3.96. The molecular formula is C13H26N2O2. The first-order chi connectivity index (χ1) is 8.10. The molecule has 3 unspecified atom stereocenters. The van der Waals surface area contributed by atoms with Gasteiger partial charge in [0.15, 0.2) is 0 Å². The fourth-order valence-corrected chi connectivity index (χ4v) is 2.49. The molecule has 1 fully saturated rings. The van der Waals surface area contributed by atoms with Gasteiger partial charge in [-0.2, -0.15) is 0 Å². The summed E-state index contributed by atoms with van der Waals surface area (Å²) in [7, 11) is 0. The number of hydrogen-bond acceptors (Lipinski definition) is 4. The predicted molar refractivity (Wildman–Crippen MR) is 68.7 cm³/mol. The largest absolute Gasteiger partial charge is 0.465 e. The van der Waals surface area contributed by atoms with Crippen molar-refractivity contribution >= 4 is 5.97 Å². The number of esters is 1. The summed E-state index contributed by atoms with van der Waals surface area (Å²) in [5, 5.41) is 0. The zero-order valence-corrected chi connectivity index (χ0v) is 11.3. The van der Waals surface area contributed by atoms with Crippen LogP contribution in [0.1, 0.15) is 40.0 Å². The van der Waals surface area contributed by atoms with E-state index < -0.39 is 0 Å². The number of likely N-dealkylation sites (tertiary alicyclic amines) is 1. The first kappa shape index (κ1) is 14.5. The summed E-state index contributed by atoms with van der Waals surface area (Å²) in [6.07, 6.45) is 2.98. The summed E-state index contributed by atoms with van der Waals surface area (Å²) >= 11 is 0. The number of nitrogens with zero attached hydrogens (tertiary/aromatic N) is 1. The van der Waals surface area contributed by atoms with E-state index >= 15 is 0 Å². The number of hydrogen-bond donors (Lipinski definition) is 1. The van der Waals surface area contributed by atoms with Gasteiger partial charge in [0.25, 0.3) is 0 Å². The van der Waals surface area contributed by atoms with Crippen LogP contribution in [0.5, 0.6) is 0 Å². The smallest absolute Gasteiger partial charge is 0.323 e. The second-order valence-corrected chi connectivity index (χ2v) is 4.96. The van der Waals surface area contributed by atoms with Crippen molar-refractivity contribution in [3.05, 3.63) is 0 Å². The molecular weight excluding hydrogens is 216 g/mol. The number of carbonyl (C=O) groups is 1. The van der Waals surface area contributed by atoms with E-state index in [1.807, 2.05) is 13.8 Å². The maximum atomic E-state index is 11.9. The SMILES string of the molecule is CCCC(C(=O)OCC)N1CCC(C(C)N)C1. The quantitative estimate of drug-likeness (QED) is 0.715. The van der Waals surface area contributed by atoms with Crippen molar-refractivity contribution < 1.29 is 9.53 Å². The van der Waals surface area contributed by atoms with E-state index in [0.29, 0.717) is 12.5 Å². The number of rotatable bonds is 6. The average molecular weight is 242 g/mol. The molecule has 3 atom stereocenters. The van der Waals surface area contributed by atoms with E-state index in [2.05, 4.69) is 11.8 Å². The highest BCUT2D eigenvalue weighted by atomic mass is 16.5. The van der Waals surface area contributed by atoms with Crippen molar-refractivity contribution in [1.82, 2.24) is 4.90 Å². The lowest BCUT2D eigenvalue weighted by molar-refractivity contribution is -0.149. The van der Waals surface area contributed by atoms with Crippen LogP contribution in [0.25, 0.3) is 0 Å². The van der Waals surface area contributed by atoms with Gasteiger partial charge in [-0.05, 0) is 39.2 Å². The Balaban J connectivity index is 2.56. The molecule has 0 amide bonds. The van der Waals surface area contributed by atoms with Crippen LogP contribution in [0.4, 0.5) is 0 Å². The van der Waals surface area contributed by atoms with E-state index in [0.717, 1.165) is 32.4 Å². The van der Waals surface area contributed by atoms with Gasteiger partial charge in [-0.1, -0.05) is 13.3 Å². The number of nitrogens with two attached hydrogens (primary N) is 1. The third-order valence-electron chi connectivity index (χ3n) is 3.56. The second kappa shape index (κ2) is 6.97. The molecule has 4 heteroatoms. The summed E-state index contributed by atoms with van der Waals surface area (Å²) < 4.78 is 5.15. The Kier molecular flexibility index (Phi) is 5.92. The topological polar surface area (TPSA) is 55.6 Å². The minimum atomic E-state index is -0.0697. The molecule has 0 bridgehead atoms. The highest BCUT2D eigenvalue weighted by molar-refractivity contribution is 5.75. The van der Waals surface area contributed by atoms with Crippen LogP contribution in [-0.2, 0) is 9.53 Å². The summed E-state index contributed by atoms with van der Waals surface area (Å²) in [4.78, 5) is 14.1. The van der Waals surface area contributed by atoms with Crippen LogP contribution in [0.3, 0.4) is 0 Å². The Morgan fingerprint density at radius 1 is 1.53 bits per heavy atom. The van der Waals surface area contributed by atoms with Crippen LogP contribution in [-0.4, -0.2) is 42.6 Å². The fraction of sp³-hybridized carbons (Fsp3) is 0.923. The number of ether oxygens (including phenoxy) is 1. The summed E-state index contributed by atoms with van der Waals surface area (Å²) in [5.41, 5.74) is 5.93. The van der Waals surface area contributed by atoms with Crippen LogP contribution in [0.15, 0.2) is 0 Å². The maximum absolute atomic E-state index is 11.9. The van der Waals surface area contributed by atoms with Crippen molar-refractivity contribution in [3.63, 3.8) is 0 Å². The lowest BCUT2D eigenvalue weighted by Gasteiger charge is -2.26. The van der Waals surface area contributed by atoms with Gasteiger partial charge in [0.1, 0.15) is 6.04 Å². The van der Waals surface area contributed by atoms with Gasteiger partial charge in [0.2, 0.25) is 0 Å². The summed E-state index contributed by atoms with van der Waals surface area (Å²) in [5.74, 6) is 0.448. The highest BCUT2D eigenvalue weighted by Crippen LogP contribution is 2.23. The molecule has 0 spiro atoms. The van der Waals surface area contributed by atoms with E-state index in [4.69, 9.17) is 10.5 Å². The van der Waals surface area contributed by atoms with Crippen molar-refractivity contribution in [2.75, 3.05) is 19.7 Å². The Bertz CT molecular complexity index is 244. The molecule has 2 N–H and O–H groups in total. The van der Waals surface area contributed by atoms with Gasteiger partial charge in [-0.3, -0.25) is 9.69 Å². The lowest BCUT2D eigenvalue weighted by Crippen LogP contribution is -2.41. The normalized spacial score (nSPS) is 24.6. The Hall–Kier alpha value is -0.610. The molecule has 4 nitrogen and oxygen atoms in total. The Morgan fingerprint density at radius 3 is 2.71 bits per heavy atom. The molecule has 1 aliphatic heterocycles. The second-order valence-electron chi connectivity index (χ2n) is 4.96. The first-order valence-electron chi connectivity index (χ1n) is 6.76. The molecule has 0 radical (unpaired) electrons. The number of carbonyl (C=O) groups excluding carboxylic acids is 1. The van der Waals surface area contributed by atoms with Crippen molar-refractivity contribution in [2.45, 2.75) is 52.1 Å². The van der Waals surface area contributed by atoms with Crippen LogP contribution in [0.2, 0.25) is 0 Å². The molecule has 0 aromatic rings. The summed E-state index contributed by atoms with van der Waals surface area (Å²) in [6, 6.07) is 0.146. The third-order valence-corrected chi connectivity index (χ3v) is 3.56. The zero-order valence-electron chi connectivity index (χ0n) is 11.3. The van der Waals surface area contributed by atoms with Crippen LogP contribution in [0, 0.1) is 5.92 Å². The maximum Gasteiger partial charge on any atom is 0.323 e. The Morgan fingerprint density at radius 2 is 2.24 bits per heavy atom. The minimum Gasteiger partial charge on any atom is -0.465 e. The highest BCUT2D eigenvalue weighted by Gasteiger charge is 2.33. The predicted octanol–water partition coefficient (Wildman–Crippen LogP) is 1.39. The van der Waals surface area contributed by atoms with E-state index in [1.54, 1.807) is 0 Å². The fourth-order valence-electron chi connectivity index (χ4n) is 2.49. The van der Waals surface area contributed by atoms with Crippen molar-refractivity contribution in [2.24, 2.45) is 11.7 Å². The molecule has 0 aromatic heterocycles. The van der Waals surface area contributed by atoms with Gasteiger partial charge in [0, 0.05) is 12.6 Å². The van der Waals surface area contributed by atoms with Crippen LogP contribution < -0.4 is 5.73 Å². The molecule has 1 rings (SSSR count). The zero-order chi connectivity index (χ0) is 12.8. The molecule has 1 aliphatic rings. The average Bonchev–Trinajstić information content (AvgIpc) is 2.75. The first-order valence-corrected chi connectivity index (χ1v) is 6.76. The molecule has 0 aliphatic carbocycles.